The molecule has 0 spiro atoms. The molecule has 4 heteroatoms. The van der Waals surface area contributed by atoms with E-state index in [2.05, 4.69) is 42.2 Å². The van der Waals surface area contributed by atoms with E-state index in [0.29, 0.717) is 0 Å². The number of carbonyl (C=O) groups is 1. The van der Waals surface area contributed by atoms with Crippen LogP contribution in [-0.4, -0.2) is 43.6 Å². The third-order valence-corrected chi connectivity index (χ3v) is 4.56. The molecule has 1 heterocycles. The summed E-state index contributed by atoms with van der Waals surface area (Å²) >= 11 is 0. The first kappa shape index (κ1) is 17.3. The number of nitrogens with zero attached hydrogens (tertiary/aromatic N) is 2. The zero-order valence-electron chi connectivity index (χ0n) is 15.3. The Hall–Kier alpha value is -2.49. The molecule has 3 rings (SSSR count). The van der Waals surface area contributed by atoms with E-state index in [1.807, 2.05) is 30.9 Å². The lowest BCUT2D eigenvalue weighted by Gasteiger charge is -2.36. The van der Waals surface area contributed by atoms with Gasteiger partial charge < -0.3 is 14.5 Å². The molecule has 25 heavy (non-hydrogen) atoms. The van der Waals surface area contributed by atoms with Gasteiger partial charge in [0.2, 0.25) is 0 Å². The molecule has 0 aliphatic carbocycles. The Bertz CT molecular complexity index is 729. The summed E-state index contributed by atoms with van der Waals surface area (Å²) in [5.41, 5.74) is 4.79. The van der Waals surface area contributed by atoms with Crippen molar-refractivity contribution in [2.75, 3.05) is 37.7 Å². The van der Waals surface area contributed by atoms with Crippen molar-refractivity contribution in [3.63, 3.8) is 0 Å². The third-order valence-electron chi connectivity index (χ3n) is 4.56. The lowest BCUT2D eigenvalue weighted by atomic mass is 10.1. The molecular formula is C21H26N2O2. The van der Waals surface area contributed by atoms with E-state index >= 15 is 0 Å². The number of benzene rings is 2. The lowest BCUT2D eigenvalue weighted by Crippen LogP contribution is -2.50. The van der Waals surface area contributed by atoms with E-state index in [-0.39, 0.29) is 12.5 Å². The van der Waals surface area contributed by atoms with Gasteiger partial charge in [0.15, 0.2) is 6.61 Å². The fourth-order valence-corrected chi connectivity index (χ4v) is 3.29. The molecule has 1 amide bonds. The minimum absolute atomic E-state index is 0.0584. The second kappa shape index (κ2) is 7.60. The predicted octanol–water partition coefficient (Wildman–Crippen LogP) is 3.34. The van der Waals surface area contributed by atoms with E-state index in [9.17, 15) is 4.79 Å². The van der Waals surface area contributed by atoms with Gasteiger partial charge in [-0.2, -0.15) is 0 Å². The molecule has 0 saturated carbocycles. The largest absolute Gasteiger partial charge is 0.484 e. The average molecular weight is 338 g/mol. The summed E-state index contributed by atoms with van der Waals surface area (Å²) in [4.78, 5) is 16.7. The summed E-state index contributed by atoms with van der Waals surface area (Å²) in [6.45, 7) is 9.48. The standard InChI is InChI=1S/C21H26N2O2/c1-16-5-4-6-19(12-16)22-7-9-23(10-8-22)21(24)15-25-20-13-17(2)11-18(3)14-20/h4-6,11-14H,7-10,15H2,1-3H3. The van der Waals surface area contributed by atoms with Crippen molar-refractivity contribution >= 4 is 11.6 Å². The fourth-order valence-electron chi connectivity index (χ4n) is 3.29. The summed E-state index contributed by atoms with van der Waals surface area (Å²) < 4.78 is 5.71. The van der Waals surface area contributed by atoms with E-state index in [0.717, 1.165) is 43.1 Å². The summed E-state index contributed by atoms with van der Waals surface area (Å²) in [6, 6.07) is 14.5. The maximum Gasteiger partial charge on any atom is 0.260 e. The number of rotatable bonds is 4. The molecule has 0 radical (unpaired) electrons. The summed E-state index contributed by atoms with van der Waals surface area (Å²) in [5.74, 6) is 0.826. The van der Waals surface area contributed by atoms with Gasteiger partial charge in [-0.3, -0.25) is 4.79 Å². The minimum atomic E-state index is 0.0584. The maximum atomic E-state index is 12.4. The molecule has 1 aliphatic heterocycles. The summed E-state index contributed by atoms with van der Waals surface area (Å²) in [6.07, 6.45) is 0. The van der Waals surface area contributed by atoms with Crippen LogP contribution in [0.25, 0.3) is 0 Å². The SMILES string of the molecule is Cc1cc(C)cc(OCC(=O)N2CCN(c3cccc(C)c3)CC2)c1. The zero-order chi connectivity index (χ0) is 17.8. The number of anilines is 1. The number of hydrogen-bond donors (Lipinski definition) is 0. The second-order valence-corrected chi connectivity index (χ2v) is 6.82. The van der Waals surface area contributed by atoms with Crippen molar-refractivity contribution < 1.29 is 9.53 Å². The van der Waals surface area contributed by atoms with Crippen LogP contribution < -0.4 is 9.64 Å². The molecule has 1 saturated heterocycles. The van der Waals surface area contributed by atoms with Gasteiger partial charge in [-0.05, 0) is 61.7 Å². The van der Waals surface area contributed by atoms with Crippen LogP contribution in [0, 0.1) is 20.8 Å². The van der Waals surface area contributed by atoms with E-state index in [1.54, 1.807) is 0 Å². The van der Waals surface area contributed by atoms with Crippen molar-refractivity contribution in [2.45, 2.75) is 20.8 Å². The second-order valence-electron chi connectivity index (χ2n) is 6.82. The number of ether oxygens (including phenoxy) is 1. The highest BCUT2D eigenvalue weighted by Crippen LogP contribution is 2.19. The number of carbonyl (C=O) groups excluding carboxylic acids is 1. The number of piperazine rings is 1. The van der Waals surface area contributed by atoms with Gasteiger partial charge in [0.25, 0.3) is 5.91 Å². The average Bonchev–Trinajstić information content (AvgIpc) is 2.59. The van der Waals surface area contributed by atoms with Gasteiger partial charge in [-0.25, -0.2) is 0 Å². The number of amides is 1. The molecule has 0 bridgehead atoms. The molecule has 132 valence electrons. The van der Waals surface area contributed by atoms with Gasteiger partial charge in [-0.15, -0.1) is 0 Å². The first-order valence-corrected chi connectivity index (χ1v) is 8.82. The third kappa shape index (κ3) is 4.53. The fraction of sp³-hybridized carbons (Fsp3) is 0.381. The topological polar surface area (TPSA) is 32.8 Å². The maximum absolute atomic E-state index is 12.4. The highest BCUT2D eigenvalue weighted by atomic mass is 16.5. The van der Waals surface area contributed by atoms with Gasteiger partial charge in [-0.1, -0.05) is 18.2 Å². The van der Waals surface area contributed by atoms with Crippen molar-refractivity contribution in [3.8, 4) is 5.75 Å². The monoisotopic (exact) mass is 338 g/mol. The zero-order valence-corrected chi connectivity index (χ0v) is 15.3. The molecule has 0 N–H and O–H groups in total. The molecule has 0 atom stereocenters. The van der Waals surface area contributed by atoms with Gasteiger partial charge in [0.1, 0.15) is 5.75 Å². The molecule has 1 fully saturated rings. The first-order chi connectivity index (χ1) is 12.0. The van der Waals surface area contributed by atoms with Crippen LogP contribution in [0.5, 0.6) is 5.75 Å². The Kier molecular flexibility index (Phi) is 5.27. The first-order valence-electron chi connectivity index (χ1n) is 8.82. The predicted molar refractivity (Wildman–Crippen MR) is 101 cm³/mol. The van der Waals surface area contributed by atoms with Crippen LogP contribution in [-0.2, 0) is 4.79 Å². The Morgan fingerprint density at radius 3 is 2.24 bits per heavy atom. The molecule has 2 aromatic carbocycles. The molecule has 1 aliphatic rings. The quantitative estimate of drug-likeness (QED) is 0.857. The van der Waals surface area contributed by atoms with E-state index < -0.39 is 0 Å². The Morgan fingerprint density at radius 1 is 0.920 bits per heavy atom. The van der Waals surface area contributed by atoms with Crippen LogP contribution in [0.3, 0.4) is 0 Å². The van der Waals surface area contributed by atoms with Gasteiger partial charge in [0.05, 0.1) is 0 Å². The van der Waals surface area contributed by atoms with Gasteiger partial charge >= 0.3 is 0 Å². The van der Waals surface area contributed by atoms with Crippen LogP contribution in [0.15, 0.2) is 42.5 Å². The van der Waals surface area contributed by atoms with Gasteiger partial charge in [0, 0.05) is 31.9 Å². The van der Waals surface area contributed by atoms with Crippen LogP contribution in [0.4, 0.5) is 5.69 Å². The number of hydrogen-bond acceptors (Lipinski definition) is 3. The Balaban J connectivity index is 1.51. The van der Waals surface area contributed by atoms with E-state index in [1.165, 1.54) is 11.3 Å². The van der Waals surface area contributed by atoms with Crippen molar-refractivity contribution in [1.82, 2.24) is 4.90 Å². The molecule has 0 unspecified atom stereocenters. The summed E-state index contributed by atoms with van der Waals surface area (Å²) in [5, 5.41) is 0. The van der Waals surface area contributed by atoms with Crippen LogP contribution in [0.2, 0.25) is 0 Å². The highest BCUT2D eigenvalue weighted by Gasteiger charge is 2.21. The van der Waals surface area contributed by atoms with E-state index in [4.69, 9.17) is 4.74 Å². The highest BCUT2D eigenvalue weighted by molar-refractivity contribution is 5.78. The molecule has 4 nitrogen and oxygen atoms in total. The number of aryl methyl sites for hydroxylation is 3. The Morgan fingerprint density at radius 2 is 1.60 bits per heavy atom. The molecule has 0 aromatic heterocycles. The molecule has 2 aromatic rings. The normalized spacial score (nSPS) is 14.5. The minimum Gasteiger partial charge on any atom is -0.484 e. The van der Waals surface area contributed by atoms with Crippen LogP contribution >= 0.6 is 0 Å². The lowest BCUT2D eigenvalue weighted by molar-refractivity contribution is -0.133. The summed E-state index contributed by atoms with van der Waals surface area (Å²) in [7, 11) is 0. The van der Waals surface area contributed by atoms with Crippen molar-refractivity contribution in [2.24, 2.45) is 0 Å². The Labute approximate surface area is 150 Å². The molecular weight excluding hydrogens is 312 g/mol. The van der Waals surface area contributed by atoms with Crippen molar-refractivity contribution in [1.29, 1.82) is 0 Å². The van der Waals surface area contributed by atoms with Crippen molar-refractivity contribution in [3.05, 3.63) is 59.2 Å². The van der Waals surface area contributed by atoms with Crippen LogP contribution in [0.1, 0.15) is 16.7 Å². The smallest absolute Gasteiger partial charge is 0.260 e.